The van der Waals surface area contributed by atoms with Gasteiger partial charge in [0, 0.05) is 26.7 Å². The van der Waals surface area contributed by atoms with Crippen molar-refractivity contribution in [3.8, 4) is 0 Å². The van der Waals surface area contributed by atoms with E-state index in [0.29, 0.717) is 12.3 Å². The Labute approximate surface area is 81.6 Å². The average Bonchev–Trinajstić information content (AvgIpc) is 1.99. The molecule has 0 aromatic heterocycles. The fourth-order valence-corrected chi connectivity index (χ4v) is 0.997. The van der Waals surface area contributed by atoms with Crippen molar-refractivity contribution in [2.45, 2.75) is 46.1 Å². The first-order chi connectivity index (χ1) is 5.90. The van der Waals surface area contributed by atoms with E-state index >= 15 is 0 Å². The van der Waals surface area contributed by atoms with Gasteiger partial charge in [-0.2, -0.15) is 0 Å². The largest absolute Gasteiger partial charge is 0.624 e. The van der Waals surface area contributed by atoms with Crippen LogP contribution in [0.3, 0.4) is 0 Å². The van der Waals surface area contributed by atoms with Crippen LogP contribution in [-0.4, -0.2) is 16.5 Å². The molecule has 0 aliphatic rings. The van der Waals surface area contributed by atoms with Gasteiger partial charge in [-0.3, -0.25) is 0 Å². The van der Waals surface area contributed by atoms with Gasteiger partial charge in [0.15, 0.2) is 11.8 Å². The first-order valence-corrected chi connectivity index (χ1v) is 4.81. The predicted molar refractivity (Wildman–Crippen MR) is 58.0 cm³/mol. The fourth-order valence-electron chi connectivity index (χ4n) is 0.997. The molecule has 0 amide bonds. The molecular formula is C11H21NO. The summed E-state index contributed by atoms with van der Waals surface area (Å²) in [5, 5.41) is 11.6. The van der Waals surface area contributed by atoms with Gasteiger partial charge in [0.2, 0.25) is 0 Å². The lowest BCUT2D eigenvalue weighted by atomic mass is 10.0. The first kappa shape index (κ1) is 12.2. The topological polar surface area (TPSA) is 26.1 Å². The molecule has 0 saturated carbocycles. The summed E-state index contributed by atoms with van der Waals surface area (Å²) in [4.78, 5) is 0. The summed E-state index contributed by atoms with van der Waals surface area (Å²) in [5.74, 6) is 0.538. The third kappa shape index (κ3) is 4.71. The summed E-state index contributed by atoms with van der Waals surface area (Å²) in [7, 11) is 0. The number of hydrogen-bond donors (Lipinski definition) is 0. The molecule has 2 heteroatoms. The van der Waals surface area contributed by atoms with Crippen LogP contribution in [0.5, 0.6) is 0 Å². The SMILES string of the molecule is C=CCC(C)(C)/[N+]([O-])=C/CC(C)C. The molecule has 0 bridgehead atoms. The van der Waals surface area contributed by atoms with E-state index in [1.807, 2.05) is 13.8 Å². The van der Waals surface area contributed by atoms with Gasteiger partial charge in [-0.1, -0.05) is 19.9 Å². The minimum absolute atomic E-state index is 0.351. The van der Waals surface area contributed by atoms with Crippen LogP contribution in [0.25, 0.3) is 0 Å². The van der Waals surface area contributed by atoms with Crippen LogP contribution in [0.4, 0.5) is 0 Å². The Balaban J connectivity index is 4.28. The molecule has 0 fully saturated rings. The Morgan fingerprint density at radius 2 is 2.00 bits per heavy atom. The second-order valence-electron chi connectivity index (χ2n) is 4.44. The molecule has 0 N–H and O–H groups in total. The quantitative estimate of drug-likeness (QED) is 0.211. The first-order valence-electron chi connectivity index (χ1n) is 4.81. The second-order valence-corrected chi connectivity index (χ2v) is 4.44. The lowest BCUT2D eigenvalue weighted by Gasteiger charge is -2.22. The number of nitrogens with zero attached hydrogens (tertiary/aromatic N) is 1. The van der Waals surface area contributed by atoms with Gasteiger partial charge in [-0.15, -0.1) is 6.58 Å². The Bertz CT molecular complexity index is 192. The zero-order valence-electron chi connectivity index (χ0n) is 9.21. The molecule has 0 atom stereocenters. The minimum atomic E-state index is -0.351. The van der Waals surface area contributed by atoms with Gasteiger partial charge in [0.05, 0.1) is 0 Å². The van der Waals surface area contributed by atoms with Crippen LogP contribution in [0.15, 0.2) is 12.7 Å². The van der Waals surface area contributed by atoms with Gasteiger partial charge < -0.3 is 5.21 Å². The number of hydrogen-bond acceptors (Lipinski definition) is 1. The highest BCUT2D eigenvalue weighted by Crippen LogP contribution is 2.13. The molecule has 0 aromatic carbocycles. The van der Waals surface area contributed by atoms with Crippen LogP contribution in [-0.2, 0) is 0 Å². The van der Waals surface area contributed by atoms with Crippen LogP contribution < -0.4 is 0 Å². The lowest BCUT2D eigenvalue weighted by molar-refractivity contribution is -0.536. The van der Waals surface area contributed by atoms with E-state index in [9.17, 15) is 5.21 Å². The van der Waals surface area contributed by atoms with Crippen LogP contribution in [0.2, 0.25) is 0 Å². The zero-order chi connectivity index (χ0) is 10.5. The Morgan fingerprint density at radius 1 is 1.46 bits per heavy atom. The summed E-state index contributed by atoms with van der Waals surface area (Å²) in [6.07, 6.45) is 5.07. The van der Waals surface area contributed by atoms with E-state index in [1.165, 1.54) is 0 Å². The summed E-state index contributed by atoms with van der Waals surface area (Å²) in [6.45, 7) is 11.7. The molecular weight excluding hydrogens is 162 g/mol. The van der Waals surface area contributed by atoms with Gasteiger partial charge in [-0.05, 0) is 5.92 Å². The molecule has 0 saturated heterocycles. The van der Waals surface area contributed by atoms with Gasteiger partial charge in [0.1, 0.15) is 0 Å². The van der Waals surface area contributed by atoms with E-state index in [2.05, 4.69) is 20.4 Å². The molecule has 0 aliphatic heterocycles. The summed E-state index contributed by atoms with van der Waals surface area (Å²) < 4.78 is 1.05. The summed E-state index contributed by atoms with van der Waals surface area (Å²) in [5.41, 5.74) is -0.351. The normalized spacial score (nSPS) is 13.5. The van der Waals surface area contributed by atoms with E-state index in [-0.39, 0.29) is 5.54 Å². The van der Waals surface area contributed by atoms with E-state index < -0.39 is 0 Å². The standard InChI is InChI=1S/C11H21NO/c1-6-8-11(4,5)12(13)9-7-10(2)3/h6,9-10H,1,7-8H2,2-5H3/b12-9-. The van der Waals surface area contributed by atoms with Gasteiger partial charge in [-0.25, -0.2) is 4.74 Å². The Morgan fingerprint density at radius 3 is 2.38 bits per heavy atom. The number of rotatable bonds is 5. The molecule has 76 valence electrons. The number of hydroxylamine groups is 1. The van der Waals surface area contributed by atoms with E-state index in [1.54, 1.807) is 12.3 Å². The van der Waals surface area contributed by atoms with E-state index in [0.717, 1.165) is 11.2 Å². The predicted octanol–water partition coefficient (Wildman–Crippen LogP) is 2.97. The molecule has 0 spiro atoms. The molecule has 0 heterocycles. The van der Waals surface area contributed by atoms with Crippen LogP contribution >= 0.6 is 0 Å². The van der Waals surface area contributed by atoms with Crippen molar-refractivity contribution >= 4 is 6.21 Å². The van der Waals surface area contributed by atoms with Crippen molar-refractivity contribution in [3.63, 3.8) is 0 Å². The maximum Gasteiger partial charge on any atom is 0.170 e. The van der Waals surface area contributed by atoms with Crippen LogP contribution in [0, 0.1) is 11.1 Å². The molecule has 0 rings (SSSR count). The van der Waals surface area contributed by atoms with Crippen molar-refractivity contribution in [2.24, 2.45) is 5.92 Å². The van der Waals surface area contributed by atoms with Crippen molar-refractivity contribution in [1.82, 2.24) is 0 Å². The van der Waals surface area contributed by atoms with Crippen molar-refractivity contribution < 1.29 is 4.74 Å². The summed E-state index contributed by atoms with van der Waals surface area (Å²) >= 11 is 0. The average molecular weight is 183 g/mol. The molecule has 0 radical (unpaired) electrons. The molecule has 2 nitrogen and oxygen atoms in total. The van der Waals surface area contributed by atoms with Crippen LogP contribution in [0.1, 0.15) is 40.5 Å². The second kappa shape index (κ2) is 5.05. The van der Waals surface area contributed by atoms with Gasteiger partial charge in [0.25, 0.3) is 0 Å². The third-order valence-corrected chi connectivity index (χ3v) is 1.98. The monoisotopic (exact) mass is 183 g/mol. The maximum atomic E-state index is 11.6. The van der Waals surface area contributed by atoms with Gasteiger partial charge >= 0.3 is 0 Å². The Kier molecular flexibility index (Phi) is 4.74. The zero-order valence-corrected chi connectivity index (χ0v) is 9.21. The third-order valence-electron chi connectivity index (χ3n) is 1.98. The smallest absolute Gasteiger partial charge is 0.170 e. The van der Waals surface area contributed by atoms with Crippen molar-refractivity contribution in [3.05, 3.63) is 17.9 Å². The maximum absolute atomic E-state index is 11.6. The highest BCUT2D eigenvalue weighted by Gasteiger charge is 2.23. The fraction of sp³-hybridized carbons (Fsp3) is 0.727. The highest BCUT2D eigenvalue weighted by molar-refractivity contribution is 5.51. The summed E-state index contributed by atoms with van der Waals surface area (Å²) in [6, 6.07) is 0. The minimum Gasteiger partial charge on any atom is -0.624 e. The molecule has 0 aromatic rings. The van der Waals surface area contributed by atoms with Crippen molar-refractivity contribution in [1.29, 1.82) is 0 Å². The molecule has 13 heavy (non-hydrogen) atoms. The van der Waals surface area contributed by atoms with E-state index in [4.69, 9.17) is 0 Å². The Hall–Kier alpha value is -0.790. The van der Waals surface area contributed by atoms with Crippen molar-refractivity contribution in [2.75, 3.05) is 0 Å². The highest BCUT2D eigenvalue weighted by atomic mass is 16.5. The lowest BCUT2D eigenvalue weighted by Crippen LogP contribution is -2.32. The molecule has 0 unspecified atom stereocenters. The molecule has 0 aliphatic carbocycles.